The number of aromatic nitrogens is 1. The third-order valence-corrected chi connectivity index (χ3v) is 5.28. The normalized spacial score (nSPS) is 15.9. The Kier molecular flexibility index (Phi) is 6.32. The molecule has 0 aliphatic carbocycles. The van der Waals surface area contributed by atoms with Crippen molar-refractivity contribution in [2.75, 3.05) is 13.2 Å². The Labute approximate surface area is 180 Å². The zero-order chi connectivity index (χ0) is 23.0. The maximum Gasteiger partial charge on any atom is 0.419 e. The van der Waals surface area contributed by atoms with Crippen LogP contribution in [0.2, 0.25) is 0 Å². The van der Waals surface area contributed by atoms with Gasteiger partial charge in [-0.2, -0.15) is 13.2 Å². The van der Waals surface area contributed by atoms with Gasteiger partial charge in [-0.05, 0) is 55.5 Å². The number of hydrogen-bond donors (Lipinski definition) is 1. The van der Waals surface area contributed by atoms with Gasteiger partial charge in [0, 0.05) is 18.3 Å². The Balaban J connectivity index is 1.98. The van der Waals surface area contributed by atoms with Crippen molar-refractivity contribution in [3.63, 3.8) is 0 Å². The summed E-state index contributed by atoms with van der Waals surface area (Å²) in [4.78, 5) is 18.5. The van der Waals surface area contributed by atoms with Crippen LogP contribution in [-0.4, -0.2) is 34.5 Å². The van der Waals surface area contributed by atoms with E-state index in [1.807, 2.05) is 20.8 Å². The standard InChI is InChI=1S/C23H28F3N3O2/c1-5-29-12-18-20(21(29)30)16(8-9-28-18)15-6-7-19(17(10-15)23(24,25)26)31-13-22(4,27)11-14(2)3/h6-10,14H,5,11-13,27H2,1-4H3/t22-/m0/s1. The van der Waals surface area contributed by atoms with Gasteiger partial charge in [-0.25, -0.2) is 0 Å². The molecule has 2 aromatic rings. The summed E-state index contributed by atoms with van der Waals surface area (Å²) in [5.41, 5.74) is 6.21. The van der Waals surface area contributed by atoms with Gasteiger partial charge in [0.15, 0.2) is 0 Å². The summed E-state index contributed by atoms with van der Waals surface area (Å²) in [5, 5.41) is 0. The van der Waals surface area contributed by atoms with Gasteiger partial charge in [-0.15, -0.1) is 0 Å². The number of pyridine rings is 1. The highest BCUT2D eigenvalue weighted by Crippen LogP contribution is 2.40. The number of nitrogens with two attached hydrogens (primary N) is 1. The van der Waals surface area contributed by atoms with E-state index in [2.05, 4.69) is 4.98 Å². The Morgan fingerprint density at radius 2 is 1.97 bits per heavy atom. The highest BCUT2D eigenvalue weighted by atomic mass is 19.4. The first-order chi connectivity index (χ1) is 14.4. The summed E-state index contributed by atoms with van der Waals surface area (Å²) in [6, 6.07) is 5.44. The van der Waals surface area contributed by atoms with Crippen LogP contribution in [0.4, 0.5) is 13.2 Å². The molecular weight excluding hydrogens is 407 g/mol. The van der Waals surface area contributed by atoms with Crippen LogP contribution in [0.25, 0.3) is 11.1 Å². The number of halogens is 3. The van der Waals surface area contributed by atoms with Crippen LogP contribution in [0.15, 0.2) is 30.5 Å². The van der Waals surface area contributed by atoms with Crippen molar-refractivity contribution in [2.24, 2.45) is 11.7 Å². The molecule has 168 valence electrons. The third kappa shape index (κ3) is 5.01. The topological polar surface area (TPSA) is 68.5 Å². The molecule has 8 heteroatoms. The predicted molar refractivity (Wildman–Crippen MR) is 113 cm³/mol. The SMILES string of the molecule is CCN1Cc2nccc(-c3ccc(OC[C@@](C)(N)CC(C)C)c(C(F)(F)F)c3)c2C1=O. The Hall–Kier alpha value is -2.61. The number of nitrogens with zero attached hydrogens (tertiary/aromatic N) is 2. The Morgan fingerprint density at radius 3 is 2.58 bits per heavy atom. The van der Waals surface area contributed by atoms with Crippen molar-refractivity contribution in [3.05, 3.63) is 47.3 Å². The number of rotatable bonds is 7. The number of benzene rings is 1. The minimum absolute atomic E-state index is 0.0395. The predicted octanol–water partition coefficient (Wildman–Crippen LogP) is 4.89. The molecule has 1 amide bonds. The molecule has 2 N–H and O–H groups in total. The molecule has 0 saturated heterocycles. The smallest absolute Gasteiger partial charge is 0.419 e. The lowest BCUT2D eigenvalue weighted by molar-refractivity contribution is -0.139. The minimum atomic E-state index is -4.62. The Morgan fingerprint density at radius 1 is 1.26 bits per heavy atom. The monoisotopic (exact) mass is 435 g/mol. The molecule has 0 saturated carbocycles. The minimum Gasteiger partial charge on any atom is -0.491 e. The van der Waals surface area contributed by atoms with Crippen molar-refractivity contribution >= 4 is 5.91 Å². The summed E-state index contributed by atoms with van der Waals surface area (Å²) < 4.78 is 47.1. The highest BCUT2D eigenvalue weighted by Gasteiger charge is 2.36. The second-order valence-electron chi connectivity index (χ2n) is 8.75. The van der Waals surface area contributed by atoms with E-state index < -0.39 is 17.3 Å². The lowest BCUT2D eigenvalue weighted by atomic mass is 9.92. The van der Waals surface area contributed by atoms with Gasteiger partial charge < -0.3 is 15.4 Å². The average Bonchev–Trinajstić information content (AvgIpc) is 3.01. The number of fused-ring (bicyclic) bond motifs is 1. The van der Waals surface area contributed by atoms with E-state index in [1.54, 1.807) is 24.0 Å². The fraction of sp³-hybridized carbons (Fsp3) is 0.478. The molecule has 1 aromatic carbocycles. The van der Waals surface area contributed by atoms with Gasteiger partial charge in [0.05, 0.1) is 23.4 Å². The van der Waals surface area contributed by atoms with E-state index in [4.69, 9.17) is 10.5 Å². The molecule has 3 rings (SSSR count). The average molecular weight is 435 g/mol. The lowest BCUT2D eigenvalue weighted by Gasteiger charge is -2.27. The molecule has 5 nitrogen and oxygen atoms in total. The van der Waals surface area contributed by atoms with Crippen LogP contribution in [0.5, 0.6) is 5.75 Å². The van der Waals surface area contributed by atoms with Crippen LogP contribution in [0.3, 0.4) is 0 Å². The number of carbonyl (C=O) groups is 1. The van der Waals surface area contributed by atoms with E-state index in [0.29, 0.717) is 41.9 Å². The van der Waals surface area contributed by atoms with Gasteiger partial charge in [0.2, 0.25) is 0 Å². The molecule has 1 aliphatic heterocycles. The van der Waals surface area contributed by atoms with Gasteiger partial charge >= 0.3 is 6.18 Å². The zero-order valence-corrected chi connectivity index (χ0v) is 18.2. The summed E-state index contributed by atoms with van der Waals surface area (Å²) in [7, 11) is 0. The third-order valence-electron chi connectivity index (χ3n) is 5.28. The van der Waals surface area contributed by atoms with Crippen molar-refractivity contribution in [1.29, 1.82) is 0 Å². The van der Waals surface area contributed by atoms with E-state index >= 15 is 0 Å². The second kappa shape index (κ2) is 8.49. The van der Waals surface area contributed by atoms with Gasteiger partial charge in [0.1, 0.15) is 12.4 Å². The molecule has 1 aromatic heterocycles. The summed E-state index contributed by atoms with van der Waals surface area (Å²) in [6.07, 6.45) is -2.49. The number of carbonyl (C=O) groups excluding carboxylic acids is 1. The fourth-order valence-corrected chi connectivity index (χ4v) is 4.05. The fourth-order valence-electron chi connectivity index (χ4n) is 4.05. The van der Waals surface area contributed by atoms with Crippen LogP contribution in [-0.2, 0) is 12.7 Å². The zero-order valence-electron chi connectivity index (χ0n) is 18.2. The molecule has 0 bridgehead atoms. The van der Waals surface area contributed by atoms with Crippen LogP contribution in [0, 0.1) is 5.92 Å². The van der Waals surface area contributed by atoms with Crippen LogP contribution in [0.1, 0.15) is 55.7 Å². The van der Waals surface area contributed by atoms with E-state index in [9.17, 15) is 18.0 Å². The van der Waals surface area contributed by atoms with E-state index in [0.717, 1.165) is 6.07 Å². The van der Waals surface area contributed by atoms with Gasteiger partial charge in [-0.3, -0.25) is 9.78 Å². The molecule has 2 heterocycles. The maximum atomic E-state index is 13.8. The number of ether oxygens (including phenoxy) is 1. The molecule has 31 heavy (non-hydrogen) atoms. The summed E-state index contributed by atoms with van der Waals surface area (Å²) >= 11 is 0. The van der Waals surface area contributed by atoms with Crippen molar-refractivity contribution in [1.82, 2.24) is 9.88 Å². The van der Waals surface area contributed by atoms with Crippen LogP contribution < -0.4 is 10.5 Å². The van der Waals surface area contributed by atoms with E-state index in [1.165, 1.54) is 12.3 Å². The van der Waals surface area contributed by atoms with Gasteiger partial charge in [0.25, 0.3) is 5.91 Å². The first-order valence-electron chi connectivity index (χ1n) is 10.3. The van der Waals surface area contributed by atoms with Gasteiger partial charge in [-0.1, -0.05) is 19.9 Å². The molecule has 1 aliphatic rings. The van der Waals surface area contributed by atoms with Crippen molar-refractivity contribution in [3.8, 4) is 16.9 Å². The number of amides is 1. The Bertz CT molecular complexity index is 971. The molecule has 1 atom stereocenters. The molecule has 0 unspecified atom stereocenters. The lowest BCUT2D eigenvalue weighted by Crippen LogP contribution is -2.43. The first kappa shape index (κ1) is 23.1. The van der Waals surface area contributed by atoms with E-state index in [-0.39, 0.29) is 24.2 Å². The molecule has 0 spiro atoms. The van der Waals surface area contributed by atoms with Crippen molar-refractivity contribution < 1.29 is 22.7 Å². The first-order valence-corrected chi connectivity index (χ1v) is 10.3. The highest BCUT2D eigenvalue weighted by molar-refractivity contribution is 6.04. The number of hydrogen-bond acceptors (Lipinski definition) is 4. The van der Waals surface area contributed by atoms with Crippen molar-refractivity contribution in [2.45, 2.75) is 52.4 Å². The summed E-state index contributed by atoms with van der Waals surface area (Å²) in [5.74, 6) is -0.206. The maximum absolute atomic E-state index is 13.8. The molecule has 0 radical (unpaired) electrons. The quantitative estimate of drug-likeness (QED) is 0.673. The largest absolute Gasteiger partial charge is 0.491 e. The summed E-state index contributed by atoms with van der Waals surface area (Å²) in [6.45, 7) is 8.43. The molecule has 0 fully saturated rings. The number of alkyl halides is 3. The van der Waals surface area contributed by atoms with Crippen LogP contribution >= 0.6 is 0 Å². The second-order valence-corrected chi connectivity index (χ2v) is 8.75. The molecular formula is C23H28F3N3O2.